The van der Waals surface area contributed by atoms with Crippen molar-refractivity contribution in [2.75, 3.05) is 0 Å². The van der Waals surface area contributed by atoms with Gasteiger partial charge in [-0.15, -0.1) is 11.6 Å². The average Bonchev–Trinajstić information content (AvgIpc) is 3.25. The lowest BCUT2D eigenvalue weighted by molar-refractivity contribution is -0.416. The van der Waals surface area contributed by atoms with Crippen molar-refractivity contribution in [3.05, 3.63) is 23.3 Å². The maximum atomic E-state index is 13.5. The number of esters is 1. The molecule has 3 saturated carbocycles. The van der Waals surface area contributed by atoms with E-state index in [-0.39, 0.29) is 30.0 Å². The van der Waals surface area contributed by atoms with Crippen molar-refractivity contribution in [2.24, 2.45) is 34.5 Å². The first-order valence-electron chi connectivity index (χ1n) is 13.3. The van der Waals surface area contributed by atoms with Crippen LogP contribution in [0.1, 0.15) is 66.7 Å². The van der Waals surface area contributed by atoms with Crippen molar-refractivity contribution in [3.63, 3.8) is 0 Å². The van der Waals surface area contributed by atoms with Gasteiger partial charge in [0.1, 0.15) is 6.10 Å². The fourth-order valence-electron chi connectivity index (χ4n) is 9.54. The van der Waals surface area contributed by atoms with Crippen LogP contribution in [0, 0.1) is 34.5 Å². The average molecular weight is 521 g/mol. The molecule has 7 nitrogen and oxygen atoms in total. The standard InChI is InChI=1S/C28H37ClO7/c1-13-14(2)23(32)35-21(13)22-15(3)27(33)10-8-17-16-11-20(31)26(29)9-6-7-19(30)24(26,4)18(16)12-28(34,36-22)25(17,27)5/h6-7,15-18,20-22,31,33-34H,8-12H2,1-5H3/t15-,16+,17+,18+,20-,21-,22+,24+,25+,26+,27-,28+/m1/s1. The van der Waals surface area contributed by atoms with Crippen LogP contribution >= 0.6 is 11.6 Å². The fraction of sp³-hybridized carbons (Fsp3) is 0.786. The Hall–Kier alpha value is -1.25. The van der Waals surface area contributed by atoms with E-state index in [1.54, 1.807) is 19.1 Å². The lowest BCUT2D eigenvalue weighted by Gasteiger charge is -2.69. The third kappa shape index (κ3) is 2.51. The molecule has 3 N–H and O–H groups in total. The quantitative estimate of drug-likeness (QED) is 0.360. The Kier molecular flexibility index (Phi) is 5.03. The van der Waals surface area contributed by atoms with Crippen LogP contribution in [-0.4, -0.2) is 61.6 Å². The van der Waals surface area contributed by atoms with Crippen molar-refractivity contribution < 1.29 is 34.4 Å². The number of allylic oxidation sites excluding steroid dienone is 2. The predicted octanol–water partition coefficient (Wildman–Crippen LogP) is 3.03. The van der Waals surface area contributed by atoms with Crippen LogP contribution in [0.4, 0.5) is 0 Å². The number of fused-ring (bicyclic) bond motifs is 4. The Morgan fingerprint density at radius 1 is 1.14 bits per heavy atom. The number of carbonyl (C=O) groups excluding carboxylic acids is 2. The smallest absolute Gasteiger partial charge is 0.334 e. The fourth-order valence-corrected chi connectivity index (χ4v) is 9.95. The van der Waals surface area contributed by atoms with Gasteiger partial charge in [0.2, 0.25) is 0 Å². The van der Waals surface area contributed by atoms with E-state index in [1.165, 1.54) is 0 Å². The van der Waals surface area contributed by atoms with E-state index in [1.807, 2.05) is 27.7 Å². The normalized spacial score (nSPS) is 57.9. The van der Waals surface area contributed by atoms with Crippen LogP contribution in [0.15, 0.2) is 23.3 Å². The van der Waals surface area contributed by atoms with Gasteiger partial charge >= 0.3 is 5.97 Å². The molecule has 4 fully saturated rings. The third-order valence-corrected chi connectivity index (χ3v) is 12.9. The van der Waals surface area contributed by atoms with Gasteiger partial charge in [-0.2, -0.15) is 0 Å². The molecule has 0 aromatic carbocycles. The lowest BCUT2D eigenvalue weighted by atomic mass is 9.41. The van der Waals surface area contributed by atoms with Crippen LogP contribution in [0.2, 0.25) is 0 Å². The summed E-state index contributed by atoms with van der Waals surface area (Å²) in [7, 11) is 0. The second kappa shape index (κ2) is 7.23. The second-order valence-corrected chi connectivity index (χ2v) is 13.5. The van der Waals surface area contributed by atoms with E-state index in [4.69, 9.17) is 21.1 Å². The number of hydrogen-bond acceptors (Lipinski definition) is 7. The first kappa shape index (κ1) is 25.1. The summed E-state index contributed by atoms with van der Waals surface area (Å²) < 4.78 is 12.3. The van der Waals surface area contributed by atoms with Gasteiger partial charge in [-0.25, -0.2) is 4.79 Å². The molecule has 4 aliphatic carbocycles. The lowest BCUT2D eigenvalue weighted by Crippen LogP contribution is -2.77. The second-order valence-electron chi connectivity index (χ2n) is 12.8. The van der Waals surface area contributed by atoms with Gasteiger partial charge in [0.15, 0.2) is 17.7 Å². The number of halogens is 1. The van der Waals surface area contributed by atoms with Gasteiger partial charge < -0.3 is 24.8 Å². The largest absolute Gasteiger partial charge is 0.452 e. The van der Waals surface area contributed by atoms with Crippen LogP contribution in [0.5, 0.6) is 0 Å². The maximum Gasteiger partial charge on any atom is 0.334 e. The number of ether oxygens (including phenoxy) is 2. The number of carbonyl (C=O) groups is 2. The molecule has 12 atom stereocenters. The SMILES string of the molecule is CC1=C(C)[C@H]([C@H]2O[C@@]3(O)C[C@H]4[C@@H](C[C@@H](O)[C@@]5(Cl)CC=CC(=O)[C@]45C)[C@@H]4CC[C@@](O)([C@@H]2C)[C@]43C)OC1=O. The number of aliphatic hydroxyl groups excluding tert-OH is 1. The molecule has 0 aromatic heterocycles. The molecule has 6 rings (SSSR count). The van der Waals surface area contributed by atoms with Crippen LogP contribution in [-0.2, 0) is 19.1 Å². The molecule has 0 amide bonds. The highest BCUT2D eigenvalue weighted by Crippen LogP contribution is 2.74. The Morgan fingerprint density at radius 3 is 2.47 bits per heavy atom. The topological polar surface area (TPSA) is 113 Å². The molecule has 8 heteroatoms. The predicted molar refractivity (Wildman–Crippen MR) is 131 cm³/mol. The van der Waals surface area contributed by atoms with Crippen molar-refractivity contribution in [1.29, 1.82) is 0 Å². The van der Waals surface area contributed by atoms with Crippen LogP contribution in [0.25, 0.3) is 0 Å². The summed E-state index contributed by atoms with van der Waals surface area (Å²) in [5.74, 6) is -3.36. The Morgan fingerprint density at radius 2 is 1.83 bits per heavy atom. The van der Waals surface area contributed by atoms with Crippen molar-refractivity contribution in [2.45, 2.75) is 101 Å². The molecular formula is C28H37ClO7. The summed E-state index contributed by atoms with van der Waals surface area (Å²) in [4.78, 5) is 24.7. The summed E-state index contributed by atoms with van der Waals surface area (Å²) in [6, 6.07) is 0. The van der Waals surface area contributed by atoms with E-state index in [0.29, 0.717) is 31.3 Å². The van der Waals surface area contributed by atoms with Gasteiger partial charge in [-0.05, 0) is 68.9 Å². The zero-order chi connectivity index (χ0) is 26.2. The van der Waals surface area contributed by atoms with Crippen LogP contribution < -0.4 is 0 Å². The highest BCUT2D eigenvalue weighted by molar-refractivity contribution is 6.28. The molecule has 0 spiro atoms. The van der Waals surface area contributed by atoms with E-state index in [9.17, 15) is 24.9 Å². The first-order valence-corrected chi connectivity index (χ1v) is 13.6. The van der Waals surface area contributed by atoms with Gasteiger partial charge in [0, 0.05) is 17.9 Å². The summed E-state index contributed by atoms with van der Waals surface area (Å²) in [6.45, 7) is 9.19. The number of ketones is 1. The number of rotatable bonds is 1. The molecule has 0 unspecified atom stereocenters. The summed E-state index contributed by atoms with van der Waals surface area (Å²) in [6.07, 6.45) is 2.95. The minimum Gasteiger partial charge on any atom is -0.452 e. The number of alkyl halides is 1. The molecular weight excluding hydrogens is 484 g/mol. The summed E-state index contributed by atoms with van der Waals surface area (Å²) in [5.41, 5.74) is -2.13. The zero-order valence-corrected chi connectivity index (χ0v) is 22.3. The molecule has 198 valence electrons. The molecule has 6 aliphatic rings. The molecule has 0 bridgehead atoms. The Balaban J connectivity index is 1.48. The van der Waals surface area contributed by atoms with E-state index < -0.39 is 57.3 Å². The molecule has 0 aromatic rings. The molecule has 0 radical (unpaired) electrons. The number of cyclic esters (lactones) is 1. The number of aliphatic hydroxyl groups is 3. The minimum absolute atomic E-state index is 0.104. The molecule has 36 heavy (non-hydrogen) atoms. The maximum absolute atomic E-state index is 13.5. The van der Waals surface area contributed by atoms with Crippen molar-refractivity contribution in [1.82, 2.24) is 0 Å². The van der Waals surface area contributed by atoms with Gasteiger partial charge in [-0.1, -0.05) is 26.8 Å². The first-order chi connectivity index (χ1) is 16.7. The van der Waals surface area contributed by atoms with Crippen molar-refractivity contribution >= 4 is 23.4 Å². The molecule has 1 saturated heterocycles. The van der Waals surface area contributed by atoms with Crippen LogP contribution in [0.3, 0.4) is 0 Å². The van der Waals surface area contributed by atoms with E-state index in [2.05, 4.69) is 0 Å². The molecule has 2 aliphatic heterocycles. The Labute approximate surface area is 216 Å². The summed E-state index contributed by atoms with van der Waals surface area (Å²) in [5, 5.41) is 36.1. The summed E-state index contributed by atoms with van der Waals surface area (Å²) >= 11 is 7.12. The minimum atomic E-state index is -1.77. The Bertz CT molecular complexity index is 1120. The van der Waals surface area contributed by atoms with Gasteiger partial charge in [-0.3, -0.25) is 4.79 Å². The monoisotopic (exact) mass is 520 g/mol. The number of hydrogen-bond donors (Lipinski definition) is 3. The highest BCUT2D eigenvalue weighted by Gasteiger charge is 2.80. The van der Waals surface area contributed by atoms with E-state index >= 15 is 0 Å². The van der Waals surface area contributed by atoms with E-state index in [0.717, 1.165) is 5.57 Å². The van der Waals surface area contributed by atoms with Gasteiger partial charge in [0.25, 0.3) is 0 Å². The van der Waals surface area contributed by atoms with Gasteiger partial charge in [0.05, 0.1) is 27.4 Å². The zero-order valence-electron chi connectivity index (χ0n) is 21.6. The third-order valence-electron chi connectivity index (χ3n) is 12.1. The highest BCUT2D eigenvalue weighted by atomic mass is 35.5. The molecule has 2 heterocycles. The van der Waals surface area contributed by atoms with Crippen molar-refractivity contribution in [3.8, 4) is 0 Å².